The van der Waals surface area contributed by atoms with Crippen LogP contribution in [0.25, 0.3) is 6.08 Å². The molecular weight excluding hydrogens is 284 g/mol. The fourth-order valence-electron chi connectivity index (χ4n) is 1.49. The number of benzene rings is 1. The number of halogens is 1. The third-order valence-corrected chi connectivity index (χ3v) is 2.69. The van der Waals surface area contributed by atoms with Crippen LogP contribution in [0.2, 0.25) is 0 Å². The fourth-order valence-corrected chi connectivity index (χ4v) is 1.75. The Hall–Kier alpha value is -1.29. The van der Waals surface area contributed by atoms with Crippen molar-refractivity contribution in [3.05, 3.63) is 35.4 Å². The molecule has 0 aliphatic heterocycles. The van der Waals surface area contributed by atoms with Crippen molar-refractivity contribution >= 4 is 28.0 Å². The van der Waals surface area contributed by atoms with Crippen molar-refractivity contribution in [2.24, 2.45) is 0 Å². The van der Waals surface area contributed by atoms with Gasteiger partial charge in [-0.05, 0) is 24.1 Å². The van der Waals surface area contributed by atoms with E-state index in [1.165, 1.54) is 0 Å². The Balaban J connectivity index is 2.91. The molecule has 0 fully saturated rings. The van der Waals surface area contributed by atoms with Crippen molar-refractivity contribution in [2.75, 3.05) is 12.4 Å². The van der Waals surface area contributed by atoms with Crippen molar-refractivity contribution in [3.63, 3.8) is 0 Å². The highest BCUT2D eigenvalue weighted by Crippen LogP contribution is 2.21. The molecule has 0 radical (unpaired) electrons. The van der Waals surface area contributed by atoms with E-state index >= 15 is 0 Å². The van der Waals surface area contributed by atoms with E-state index < -0.39 is 5.97 Å². The topological polar surface area (TPSA) is 46.5 Å². The van der Waals surface area contributed by atoms with Gasteiger partial charge < -0.3 is 9.84 Å². The van der Waals surface area contributed by atoms with E-state index in [-0.39, 0.29) is 6.42 Å². The van der Waals surface area contributed by atoms with E-state index in [4.69, 9.17) is 9.84 Å². The molecule has 0 bridgehead atoms. The summed E-state index contributed by atoms with van der Waals surface area (Å²) in [6, 6.07) is 5.55. The summed E-state index contributed by atoms with van der Waals surface area (Å²) >= 11 is 3.34. The van der Waals surface area contributed by atoms with Crippen molar-refractivity contribution in [1.29, 1.82) is 0 Å². The monoisotopic (exact) mass is 298 g/mol. The Kier molecular flexibility index (Phi) is 5.77. The van der Waals surface area contributed by atoms with Gasteiger partial charge in [-0.2, -0.15) is 0 Å². The van der Waals surface area contributed by atoms with Gasteiger partial charge in [-0.1, -0.05) is 34.1 Å². The Labute approximate surface area is 109 Å². The van der Waals surface area contributed by atoms with Gasteiger partial charge in [0.25, 0.3) is 0 Å². The lowest BCUT2D eigenvalue weighted by Gasteiger charge is -2.07. The van der Waals surface area contributed by atoms with E-state index in [9.17, 15) is 4.79 Å². The highest BCUT2D eigenvalue weighted by Gasteiger charge is 2.07. The predicted octanol–water partition coefficient (Wildman–Crippen LogP) is 3.12. The molecule has 17 heavy (non-hydrogen) atoms. The molecule has 1 aromatic rings. The minimum Gasteiger partial charge on any atom is -0.496 e. The number of alkyl halides is 1. The van der Waals surface area contributed by atoms with Gasteiger partial charge in [0.15, 0.2) is 0 Å². The molecule has 92 valence electrons. The number of methoxy groups -OCH3 is 1. The van der Waals surface area contributed by atoms with Crippen LogP contribution in [0.5, 0.6) is 5.75 Å². The molecule has 4 heteroatoms. The van der Waals surface area contributed by atoms with Crippen LogP contribution in [0.3, 0.4) is 0 Å². The van der Waals surface area contributed by atoms with Gasteiger partial charge in [-0.25, -0.2) is 0 Å². The second kappa shape index (κ2) is 7.12. The molecule has 0 aliphatic rings. The molecule has 0 atom stereocenters. The number of carboxylic acid groups (broad SMARTS) is 1. The van der Waals surface area contributed by atoms with Gasteiger partial charge in [-0.3, -0.25) is 4.79 Å². The summed E-state index contributed by atoms with van der Waals surface area (Å²) in [5.74, 6) is -0.241. The second-order valence-corrected chi connectivity index (χ2v) is 4.31. The van der Waals surface area contributed by atoms with Crippen LogP contribution in [0.15, 0.2) is 24.3 Å². The highest BCUT2D eigenvalue weighted by atomic mass is 79.9. The van der Waals surface area contributed by atoms with Crippen molar-refractivity contribution in [2.45, 2.75) is 12.8 Å². The zero-order valence-electron chi connectivity index (χ0n) is 9.65. The maximum absolute atomic E-state index is 10.7. The summed E-state index contributed by atoms with van der Waals surface area (Å²) < 4.78 is 5.13. The predicted molar refractivity (Wildman–Crippen MR) is 71.8 cm³/mol. The molecule has 0 unspecified atom stereocenters. The van der Waals surface area contributed by atoms with Crippen LogP contribution in [-0.4, -0.2) is 23.5 Å². The first-order chi connectivity index (χ1) is 8.17. The summed E-state index contributed by atoms with van der Waals surface area (Å²) in [5, 5.41) is 9.73. The maximum atomic E-state index is 10.7. The maximum Gasteiger partial charge on any atom is 0.307 e. The second-order valence-electron chi connectivity index (χ2n) is 3.52. The van der Waals surface area contributed by atoms with E-state index in [1.807, 2.05) is 24.3 Å². The van der Waals surface area contributed by atoms with Gasteiger partial charge >= 0.3 is 5.97 Å². The lowest BCUT2D eigenvalue weighted by Crippen LogP contribution is -2.02. The van der Waals surface area contributed by atoms with Gasteiger partial charge in [0.05, 0.1) is 13.5 Å². The minimum atomic E-state index is -0.857. The van der Waals surface area contributed by atoms with Gasteiger partial charge in [0.2, 0.25) is 0 Å². The standard InChI is InChI=1S/C13H15BrO3/c1-17-12-6-5-10(4-2-3-7-14)8-11(12)9-13(15)16/h2,4-6,8H,3,7,9H2,1H3,(H,15,16). The summed E-state index contributed by atoms with van der Waals surface area (Å²) in [4.78, 5) is 10.7. The molecule has 0 spiro atoms. The number of rotatable bonds is 6. The van der Waals surface area contributed by atoms with Crippen molar-refractivity contribution in [3.8, 4) is 5.75 Å². The molecule has 0 saturated carbocycles. The molecule has 1 N–H and O–H groups in total. The summed E-state index contributed by atoms with van der Waals surface area (Å²) in [6.45, 7) is 0. The lowest BCUT2D eigenvalue weighted by atomic mass is 10.1. The van der Waals surface area contributed by atoms with E-state index in [0.717, 1.165) is 17.3 Å². The zero-order valence-corrected chi connectivity index (χ0v) is 11.2. The zero-order chi connectivity index (χ0) is 12.7. The first-order valence-electron chi connectivity index (χ1n) is 5.28. The number of ether oxygens (including phenoxy) is 1. The summed E-state index contributed by atoms with van der Waals surface area (Å²) in [6.07, 6.45) is 4.94. The third kappa shape index (κ3) is 4.61. The Bertz CT molecular complexity index is 413. The number of hydrogen-bond donors (Lipinski definition) is 1. The minimum absolute atomic E-state index is 0.0245. The van der Waals surface area contributed by atoms with Crippen LogP contribution in [0.1, 0.15) is 17.5 Å². The van der Waals surface area contributed by atoms with E-state index in [2.05, 4.69) is 15.9 Å². The fraction of sp³-hybridized carbons (Fsp3) is 0.308. The average Bonchev–Trinajstić information content (AvgIpc) is 2.29. The highest BCUT2D eigenvalue weighted by molar-refractivity contribution is 9.09. The smallest absolute Gasteiger partial charge is 0.307 e. The molecule has 0 saturated heterocycles. The van der Waals surface area contributed by atoms with Crippen LogP contribution in [0, 0.1) is 0 Å². The number of allylic oxidation sites excluding steroid dienone is 1. The Morgan fingerprint density at radius 1 is 1.53 bits per heavy atom. The van der Waals surface area contributed by atoms with Crippen molar-refractivity contribution < 1.29 is 14.6 Å². The molecule has 0 aromatic heterocycles. The van der Waals surface area contributed by atoms with Gasteiger partial charge in [-0.15, -0.1) is 0 Å². The Morgan fingerprint density at radius 3 is 2.88 bits per heavy atom. The number of carbonyl (C=O) groups is 1. The van der Waals surface area contributed by atoms with Crippen LogP contribution in [0.4, 0.5) is 0 Å². The third-order valence-electron chi connectivity index (χ3n) is 2.23. The molecule has 1 aromatic carbocycles. The number of carboxylic acids is 1. The first kappa shape index (κ1) is 13.8. The molecule has 1 rings (SSSR count). The van der Waals surface area contributed by atoms with Gasteiger partial charge in [0.1, 0.15) is 5.75 Å². The number of hydrogen-bond acceptors (Lipinski definition) is 2. The summed E-state index contributed by atoms with van der Waals surface area (Å²) in [7, 11) is 1.54. The Morgan fingerprint density at radius 2 is 2.29 bits per heavy atom. The number of aliphatic carboxylic acids is 1. The molecule has 0 amide bonds. The molecule has 0 heterocycles. The molecule has 0 aliphatic carbocycles. The van der Waals surface area contributed by atoms with E-state index in [1.54, 1.807) is 13.2 Å². The van der Waals surface area contributed by atoms with Gasteiger partial charge in [0, 0.05) is 10.9 Å². The normalized spacial score (nSPS) is 10.7. The molecule has 3 nitrogen and oxygen atoms in total. The summed E-state index contributed by atoms with van der Waals surface area (Å²) in [5.41, 5.74) is 1.68. The average molecular weight is 299 g/mol. The quantitative estimate of drug-likeness (QED) is 0.821. The first-order valence-corrected chi connectivity index (χ1v) is 6.40. The SMILES string of the molecule is COc1ccc(C=CCCBr)cc1CC(=O)O. The van der Waals surface area contributed by atoms with E-state index in [0.29, 0.717) is 11.3 Å². The van der Waals surface area contributed by atoms with Crippen molar-refractivity contribution in [1.82, 2.24) is 0 Å². The van der Waals surface area contributed by atoms with Crippen LogP contribution in [-0.2, 0) is 11.2 Å². The van der Waals surface area contributed by atoms with Crippen LogP contribution >= 0.6 is 15.9 Å². The largest absolute Gasteiger partial charge is 0.496 e. The molecular formula is C13H15BrO3. The lowest BCUT2D eigenvalue weighted by molar-refractivity contribution is -0.136. The van der Waals surface area contributed by atoms with Crippen LogP contribution < -0.4 is 4.74 Å².